The third kappa shape index (κ3) is 6.95. The van der Waals surface area contributed by atoms with Crippen LogP contribution in [-0.4, -0.2) is 33.0 Å². The summed E-state index contributed by atoms with van der Waals surface area (Å²) < 4.78 is 33.3. The molecule has 0 aliphatic carbocycles. The second-order valence-corrected chi connectivity index (χ2v) is 9.24. The molecule has 0 saturated carbocycles. The van der Waals surface area contributed by atoms with E-state index in [2.05, 4.69) is 5.32 Å². The predicted octanol–water partition coefficient (Wildman–Crippen LogP) is 3.37. The Balaban J connectivity index is 1.94. The fourth-order valence-corrected chi connectivity index (χ4v) is 3.33. The molecule has 3 N–H and O–H groups in total. The number of sulfonamides is 1. The maximum atomic E-state index is 12.2. The van der Waals surface area contributed by atoms with E-state index in [-0.39, 0.29) is 17.4 Å². The van der Waals surface area contributed by atoms with Crippen LogP contribution in [0.15, 0.2) is 41.3 Å². The van der Waals surface area contributed by atoms with E-state index in [4.69, 9.17) is 26.2 Å². The highest BCUT2D eigenvalue weighted by molar-refractivity contribution is 7.89. The summed E-state index contributed by atoms with van der Waals surface area (Å²) in [6.07, 6.45) is -1.09. The summed E-state index contributed by atoms with van der Waals surface area (Å²) in [6, 6.07) is 8.84. The van der Waals surface area contributed by atoms with Gasteiger partial charge in [0.1, 0.15) is 5.75 Å². The Morgan fingerprint density at radius 2 is 1.74 bits per heavy atom. The van der Waals surface area contributed by atoms with Gasteiger partial charge in [-0.05, 0) is 67.3 Å². The topological polar surface area (TPSA) is 125 Å². The molecule has 2 aromatic rings. The molecule has 1 atom stereocenters. The second kappa shape index (κ2) is 10.1. The lowest BCUT2D eigenvalue weighted by Gasteiger charge is -2.17. The number of rotatable bonds is 8. The minimum atomic E-state index is -3.83. The molecule has 0 aromatic heterocycles. The van der Waals surface area contributed by atoms with Gasteiger partial charge >= 0.3 is 5.97 Å². The Bertz CT molecular complexity index is 1070. The zero-order valence-electron chi connectivity index (χ0n) is 17.6. The van der Waals surface area contributed by atoms with Gasteiger partial charge in [-0.3, -0.25) is 4.79 Å². The van der Waals surface area contributed by atoms with Gasteiger partial charge in [-0.15, -0.1) is 0 Å². The molecule has 1 unspecified atom stereocenters. The van der Waals surface area contributed by atoms with E-state index >= 15 is 0 Å². The fraction of sp³-hybridized carbons (Fsp3) is 0.333. The van der Waals surface area contributed by atoms with Crippen molar-refractivity contribution in [2.45, 2.75) is 44.6 Å². The van der Waals surface area contributed by atoms with Gasteiger partial charge in [0.25, 0.3) is 5.91 Å². The smallest absolute Gasteiger partial charge is 0.344 e. The van der Waals surface area contributed by atoms with Crippen molar-refractivity contribution in [3.63, 3.8) is 0 Å². The molecule has 2 aromatic carbocycles. The third-order valence-electron chi connectivity index (χ3n) is 4.39. The van der Waals surface area contributed by atoms with E-state index in [9.17, 15) is 18.0 Å². The van der Waals surface area contributed by atoms with Crippen LogP contribution in [0.2, 0.25) is 5.02 Å². The van der Waals surface area contributed by atoms with Gasteiger partial charge in [-0.25, -0.2) is 18.4 Å². The molecule has 10 heteroatoms. The summed E-state index contributed by atoms with van der Waals surface area (Å²) in [5.74, 6) is -0.633. The number of carbonyl (C=O) groups is 2. The largest absolute Gasteiger partial charge is 0.482 e. The van der Waals surface area contributed by atoms with Crippen molar-refractivity contribution >= 4 is 39.2 Å². The van der Waals surface area contributed by atoms with Crippen LogP contribution in [0.3, 0.4) is 0 Å². The van der Waals surface area contributed by atoms with Crippen LogP contribution in [0, 0.1) is 6.92 Å². The summed E-state index contributed by atoms with van der Waals surface area (Å²) in [6.45, 7) is 6.83. The van der Waals surface area contributed by atoms with Gasteiger partial charge in [-0.2, -0.15) is 0 Å². The monoisotopic (exact) mass is 468 g/mol. The molecule has 8 nitrogen and oxygen atoms in total. The first kappa shape index (κ1) is 24.6. The van der Waals surface area contributed by atoms with Gasteiger partial charge in [0.2, 0.25) is 10.0 Å². The first-order valence-electron chi connectivity index (χ1n) is 9.44. The van der Waals surface area contributed by atoms with E-state index in [1.54, 1.807) is 12.1 Å². The average molecular weight is 469 g/mol. The number of halogens is 1. The highest BCUT2D eigenvalue weighted by atomic mass is 35.5. The molecular formula is C21H25ClN2O6S. The summed E-state index contributed by atoms with van der Waals surface area (Å²) in [5, 5.41) is 8.17. The molecule has 0 spiro atoms. The van der Waals surface area contributed by atoms with Crippen LogP contribution < -0.4 is 15.2 Å². The maximum absolute atomic E-state index is 12.2. The van der Waals surface area contributed by atoms with Gasteiger partial charge in [-0.1, -0.05) is 25.4 Å². The number of ether oxygens (including phenoxy) is 2. The number of carbonyl (C=O) groups excluding carboxylic acids is 2. The second-order valence-electron chi connectivity index (χ2n) is 7.27. The molecule has 0 fully saturated rings. The van der Waals surface area contributed by atoms with E-state index in [0.717, 1.165) is 11.1 Å². The lowest BCUT2D eigenvalue weighted by atomic mass is 10.0. The molecule has 0 radical (unpaired) electrons. The van der Waals surface area contributed by atoms with E-state index in [1.165, 1.54) is 31.2 Å². The van der Waals surface area contributed by atoms with Crippen LogP contribution in [0.1, 0.15) is 37.8 Å². The van der Waals surface area contributed by atoms with E-state index < -0.39 is 28.0 Å². The van der Waals surface area contributed by atoms with Crippen molar-refractivity contribution in [3.05, 3.63) is 52.5 Å². The minimum Gasteiger partial charge on any atom is -0.482 e. The Morgan fingerprint density at radius 3 is 2.29 bits per heavy atom. The Hall–Kier alpha value is -2.62. The van der Waals surface area contributed by atoms with Crippen LogP contribution in [0.4, 0.5) is 5.69 Å². The highest BCUT2D eigenvalue weighted by Gasteiger charge is 2.20. The number of anilines is 1. The molecule has 1 amide bonds. The summed E-state index contributed by atoms with van der Waals surface area (Å²) in [7, 11) is -3.83. The van der Waals surface area contributed by atoms with Crippen LogP contribution >= 0.6 is 11.6 Å². The summed E-state index contributed by atoms with van der Waals surface area (Å²) in [4.78, 5) is 24.3. The average Bonchev–Trinajstić information content (AvgIpc) is 2.68. The summed E-state index contributed by atoms with van der Waals surface area (Å²) in [5.41, 5.74) is 2.00. The van der Waals surface area contributed by atoms with Gasteiger partial charge in [0, 0.05) is 10.7 Å². The number of hydrogen-bond donors (Lipinski definition) is 2. The van der Waals surface area contributed by atoms with E-state index in [0.29, 0.717) is 16.5 Å². The standard InChI is InChI=1S/C21H25ClN2O6S/c1-12(2)17-10-18(22)13(3)9-19(17)29-11-20(25)30-14(4)21(26)24-15-5-7-16(8-6-15)31(23,27)28/h5-10,12,14H,11H2,1-4H3,(H,24,26)(H2,23,27,28). The van der Waals surface area contributed by atoms with E-state index in [1.807, 2.05) is 20.8 Å². The van der Waals surface area contributed by atoms with Gasteiger partial charge < -0.3 is 14.8 Å². The zero-order valence-corrected chi connectivity index (χ0v) is 19.2. The Labute approximate surface area is 186 Å². The highest BCUT2D eigenvalue weighted by Crippen LogP contribution is 2.32. The van der Waals surface area contributed by atoms with Crippen molar-refractivity contribution in [1.29, 1.82) is 0 Å². The molecule has 168 valence electrons. The lowest BCUT2D eigenvalue weighted by Crippen LogP contribution is -2.31. The number of nitrogens with two attached hydrogens (primary N) is 1. The van der Waals surface area contributed by atoms with Crippen LogP contribution in [0.25, 0.3) is 0 Å². The predicted molar refractivity (Wildman–Crippen MR) is 118 cm³/mol. The first-order valence-corrected chi connectivity index (χ1v) is 11.4. The molecule has 0 heterocycles. The summed E-state index contributed by atoms with van der Waals surface area (Å²) >= 11 is 6.17. The van der Waals surface area contributed by atoms with Crippen LogP contribution in [0.5, 0.6) is 5.75 Å². The SMILES string of the molecule is Cc1cc(OCC(=O)OC(C)C(=O)Nc2ccc(S(N)(=O)=O)cc2)c(C(C)C)cc1Cl. The number of primary sulfonamides is 1. The van der Waals surface area contributed by atoms with Crippen molar-refractivity contribution in [2.24, 2.45) is 5.14 Å². The number of benzene rings is 2. The number of hydrogen-bond acceptors (Lipinski definition) is 6. The normalized spacial score (nSPS) is 12.4. The number of esters is 1. The molecule has 0 saturated heterocycles. The molecule has 0 bridgehead atoms. The van der Waals surface area contributed by atoms with Crippen molar-refractivity contribution in [2.75, 3.05) is 11.9 Å². The minimum absolute atomic E-state index is 0.0830. The number of amides is 1. The quantitative estimate of drug-likeness (QED) is 0.572. The van der Waals surface area contributed by atoms with Gasteiger partial charge in [0.15, 0.2) is 12.7 Å². The van der Waals surface area contributed by atoms with Crippen molar-refractivity contribution in [1.82, 2.24) is 0 Å². The fourth-order valence-electron chi connectivity index (χ4n) is 2.64. The number of aryl methyl sites for hydroxylation is 1. The Morgan fingerprint density at radius 1 is 1.13 bits per heavy atom. The maximum Gasteiger partial charge on any atom is 0.344 e. The van der Waals surface area contributed by atoms with Crippen molar-refractivity contribution < 1.29 is 27.5 Å². The third-order valence-corrected chi connectivity index (χ3v) is 5.72. The molecule has 2 rings (SSSR count). The number of nitrogens with one attached hydrogen (secondary N) is 1. The zero-order chi connectivity index (χ0) is 23.3. The molecular weight excluding hydrogens is 444 g/mol. The first-order chi connectivity index (χ1) is 14.4. The Kier molecular flexibility index (Phi) is 8.05. The lowest BCUT2D eigenvalue weighted by molar-refractivity contribution is -0.155. The molecule has 0 aliphatic heterocycles. The molecule has 0 aliphatic rings. The van der Waals surface area contributed by atoms with Crippen LogP contribution in [-0.2, 0) is 24.3 Å². The molecule has 31 heavy (non-hydrogen) atoms. The van der Waals surface area contributed by atoms with Gasteiger partial charge in [0.05, 0.1) is 4.90 Å². The van der Waals surface area contributed by atoms with Crippen molar-refractivity contribution in [3.8, 4) is 5.75 Å².